The van der Waals surface area contributed by atoms with Gasteiger partial charge >= 0.3 is 0 Å². The van der Waals surface area contributed by atoms with Crippen LogP contribution < -0.4 is 14.2 Å². The number of hydrogen-bond donors (Lipinski definition) is 1. The Morgan fingerprint density at radius 3 is 2.22 bits per heavy atom. The summed E-state index contributed by atoms with van der Waals surface area (Å²) in [6, 6.07) is 11.7. The van der Waals surface area contributed by atoms with Gasteiger partial charge in [0.2, 0.25) is 0 Å². The van der Waals surface area contributed by atoms with Crippen molar-refractivity contribution in [3.05, 3.63) is 53.1 Å². The van der Waals surface area contributed by atoms with Crippen LogP contribution in [0.15, 0.2) is 41.6 Å². The molecule has 2 aromatic rings. The van der Waals surface area contributed by atoms with E-state index in [1.807, 2.05) is 6.07 Å². The molecular weight excluding hydrogens is 342 g/mol. The van der Waals surface area contributed by atoms with Crippen molar-refractivity contribution in [2.45, 2.75) is 39.5 Å². The van der Waals surface area contributed by atoms with E-state index in [9.17, 15) is 0 Å². The summed E-state index contributed by atoms with van der Waals surface area (Å²) in [7, 11) is 1.57. The standard InChI is InChI=1S/C22H29NO4/c1-6-16-7-9-19(18(13-16)22(2,3)4)26-11-12-27-20-10-8-17(15-23-24)14-21(20)25-5/h7-10,13-15,24H,6,11-12H2,1-5H3. The molecule has 0 radical (unpaired) electrons. The van der Waals surface area contributed by atoms with Crippen LogP contribution in [0.5, 0.6) is 17.2 Å². The quantitative estimate of drug-likeness (QED) is 0.313. The van der Waals surface area contributed by atoms with Crippen LogP contribution in [0.1, 0.15) is 44.4 Å². The molecule has 5 heteroatoms. The Morgan fingerprint density at radius 1 is 0.963 bits per heavy atom. The zero-order valence-corrected chi connectivity index (χ0v) is 16.8. The Morgan fingerprint density at radius 2 is 1.63 bits per heavy atom. The molecule has 0 aromatic heterocycles. The van der Waals surface area contributed by atoms with Gasteiger partial charge in [-0.3, -0.25) is 0 Å². The highest BCUT2D eigenvalue weighted by Gasteiger charge is 2.19. The van der Waals surface area contributed by atoms with Crippen LogP contribution in [0, 0.1) is 0 Å². The number of nitrogens with zero attached hydrogens (tertiary/aromatic N) is 1. The molecule has 0 fully saturated rings. The lowest BCUT2D eigenvalue weighted by atomic mass is 9.85. The maximum atomic E-state index is 8.63. The lowest BCUT2D eigenvalue weighted by Gasteiger charge is -2.24. The largest absolute Gasteiger partial charge is 0.493 e. The minimum Gasteiger partial charge on any atom is -0.493 e. The van der Waals surface area contributed by atoms with E-state index in [0.717, 1.165) is 17.7 Å². The molecule has 0 aliphatic carbocycles. The van der Waals surface area contributed by atoms with Gasteiger partial charge in [0.1, 0.15) is 19.0 Å². The molecule has 0 saturated heterocycles. The number of methoxy groups -OCH3 is 1. The molecular formula is C22H29NO4. The Labute approximate surface area is 161 Å². The van der Waals surface area contributed by atoms with Crippen molar-refractivity contribution in [2.24, 2.45) is 5.16 Å². The fraction of sp³-hybridized carbons (Fsp3) is 0.409. The summed E-state index contributed by atoms with van der Waals surface area (Å²) in [5.74, 6) is 2.09. The van der Waals surface area contributed by atoms with Gasteiger partial charge in [-0.15, -0.1) is 0 Å². The molecule has 27 heavy (non-hydrogen) atoms. The summed E-state index contributed by atoms with van der Waals surface area (Å²) in [4.78, 5) is 0. The highest BCUT2D eigenvalue weighted by Crippen LogP contribution is 2.32. The summed E-state index contributed by atoms with van der Waals surface area (Å²) < 4.78 is 17.1. The van der Waals surface area contributed by atoms with Gasteiger partial charge in [0.05, 0.1) is 13.3 Å². The first-order valence-corrected chi connectivity index (χ1v) is 9.13. The number of aryl methyl sites for hydroxylation is 1. The van der Waals surface area contributed by atoms with Crippen molar-refractivity contribution in [1.82, 2.24) is 0 Å². The Balaban J connectivity index is 2.01. The number of hydrogen-bond acceptors (Lipinski definition) is 5. The normalized spacial score (nSPS) is 11.6. The van der Waals surface area contributed by atoms with E-state index < -0.39 is 0 Å². The average molecular weight is 371 g/mol. The van der Waals surface area contributed by atoms with Crippen LogP contribution in [0.2, 0.25) is 0 Å². The van der Waals surface area contributed by atoms with Crippen LogP contribution in [0.3, 0.4) is 0 Å². The van der Waals surface area contributed by atoms with Gasteiger partial charge in [-0.2, -0.15) is 0 Å². The smallest absolute Gasteiger partial charge is 0.161 e. The molecule has 0 bridgehead atoms. The molecule has 2 aromatic carbocycles. The van der Waals surface area contributed by atoms with Crippen LogP contribution >= 0.6 is 0 Å². The molecule has 0 unspecified atom stereocenters. The fourth-order valence-corrected chi connectivity index (χ4v) is 2.76. The zero-order valence-electron chi connectivity index (χ0n) is 16.8. The van der Waals surface area contributed by atoms with E-state index in [-0.39, 0.29) is 5.41 Å². The van der Waals surface area contributed by atoms with Crippen LogP contribution in [0.4, 0.5) is 0 Å². The van der Waals surface area contributed by atoms with E-state index in [1.165, 1.54) is 17.3 Å². The van der Waals surface area contributed by atoms with Gasteiger partial charge in [-0.25, -0.2) is 0 Å². The van der Waals surface area contributed by atoms with Gasteiger partial charge < -0.3 is 19.4 Å². The molecule has 5 nitrogen and oxygen atoms in total. The molecule has 0 atom stereocenters. The van der Waals surface area contributed by atoms with E-state index >= 15 is 0 Å². The number of rotatable bonds is 8. The topological polar surface area (TPSA) is 60.3 Å². The summed E-state index contributed by atoms with van der Waals surface area (Å²) in [5.41, 5.74) is 3.24. The fourth-order valence-electron chi connectivity index (χ4n) is 2.76. The Bertz CT molecular complexity index is 778. The molecule has 146 valence electrons. The minimum absolute atomic E-state index is 0.00861. The Kier molecular flexibility index (Phi) is 7.11. The Hall–Kier alpha value is -2.69. The summed E-state index contributed by atoms with van der Waals surface area (Å²) in [6.45, 7) is 9.54. The predicted octanol–water partition coefficient (Wildman–Crippen LogP) is 4.82. The van der Waals surface area contributed by atoms with E-state index in [1.54, 1.807) is 25.3 Å². The second-order valence-electron chi connectivity index (χ2n) is 7.29. The second-order valence-corrected chi connectivity index (χ2v) is 7.29. The van der Waals surface area contributed by atoms with E-state index in [2.05, 4.69) is 45.0 Å². The molecule has 2 rings (SSSR count). The van der Waals surface area contributed by atoms with Crippen LogP contribution in [-0.2, 0) is 11.8 Å². The molecule has 1 N–H and O–H groups in total. The SMILES string of the molecule is CCc1ccc(OCCOc2ccc(C=NO)cc2OC)c(C(C)(C)C)c1. The summed E-state index contributed by atoms with van der Waals surface area (Å²) in [6.07, 6.45) is 2.34. The first-order valence-electron chi connectivity index (χ1n) is 9.13. The van der Waals surface area contributed by atoms with Crippen LogP contribution in [0.25, 0.3) is 0 Å². The first-order chi connectivity index (χ1) is 12.9. The van der Waals surface area contributed by atoms with Gasteiger partial charge in [0.25, 0.3) is 0 Å². The van der Waals surface area contributed by atoms with Gasteiger partial charge in [0, 0.05) is 5.56 Å². The number of benzene rings is 2. The monoisotopic (exact) mass is 371 g/mol. The zero-order chi connectivity index (χ0) is 19.9. The highest BCUT2D eigenvalue weighted by molar-refractivity contribution is 5.80. The molecule has 0 amide bonds. The third kappa shape index (κ3) is 5.64. The van der Waals surface area contributed by atoms with Gasteiger partial charge in [-0.1, -0.05) is 45.0 Å². The van der Waals surface area contributed by atoms with Crippen molar-refractivity contribution >= 4 is 6.21 Å². The second kappa shape index (κ2) is 9.31. The minimum atomic E-state index is 0.00861. The van der Waals surface area contributed by atoms with Crippen molar-refractivity contribution in [2.75, 3.05) is 20.3 Å². The maximum absolute atomic E-state index is 8.63. The highest BCUT2D eigenvalue weighted by atomic mass is 16.5. The van der Waals surface area contributed by atoms with Crippen molar-refractivity contribution in [1.29, 1.82) is 0 Å². The number of oxime groups is 1. The predicted molar refractivity (Wildman–Crippen MR) is 108 cm³/mol. The van der Waals surface area contributed by atoms with Crippen molar-refractivity contribution in [3.63, 3.8) is 0 Å². The first kappa shape index (κ1) is 20.6. The van der Waals surface area contributed by atoms with E-state index in [4.69, 9.17) is 19.4 Å². The lowest BCUT2D eigenvalue weighted by Crippen LogP contribution is -2.16. The van der Waals surface area contributed by atoms with Gasteiger partial charge in [-0.05, 0) is 47.2 Å². The lowest BCUT2D eigenvalue weighted by molar-refractivity contribution is 0.208. The molecule has 0 aliphatic rings. The van der Waals surface area contributed by atoms with Gasteiger partial charge in [0.15, 0.2) is 11.5 Å². The molecule has 0 saturated carbocycles. The van der Waals surface area contributed by atoms with Crippen molar-refractivity contribution in [3.8, 4) is 17.2 Å². The summed E-state index contributed by atoms with van der Waals surface area (Å²) >= 11 is 0. The molecule has 0 heterocycles. The summed E-state index contributed by atoms with van der Waals surface area (Å²) in [5, 5.41) is 11.6. The number of ether oxygens (including phenoxy) is 3. The third-order valence-electron chi connectivity index (χ3n) is 4.25. The third-order valence-corrected chi connectivity index (χ3v) is 4.25. The van der Waals surface area contributed by atoms with Crippen LogP contribution in [-0.4, -0.2) is 31.7 Å². The van der Waals surface area contributed by atoms with Crippen molar-refractivity contribution < 1.29 is 19.4 Å². The molecule has 0 aliphatic heterocycles. The van der Waals surface area contributed by atoms with E-state index in [0.29, 0.717) is 24.7 Å². The molecule has 0 spiro atoms. The maximum Gasteiger partial charge on any atom is 0.161 e. The average Bonchev–Trinajstić information content (AvgIpc) is 2.65.